The van der Waals surface area contributed by atoms with Gasteiger partial charge in [0.15, 0.2) is 0 Å². The smallest absolute Gasteiger partial charge is 0.149 e. The van der Waals surface area contributed by atoms with Gasteiger partial charge in [-0.1, -0.05) is 30.3 Å². The highest BCUT2D eigenvalue weighted by Crippen LogP contribution is 2.38. The van der Waals surface area contributed by atoms with E-state index in [2.05, 4.69) is 39.9 Å². The van der Waals surface area contributed by atoms with E-state index in [1.54, 1.807) is 0 Å². The maximum absolute atomic E-state index is 6.35. The first-order valence-corrected chi connectivity index (χ1v) is 10.3. The van der Waals surface area contributed by atoms with Gasteiger partial charge in [-0.05, 0) is 45.0 Å². The monoisotopic (exact) mass is 404 g/mol. The van der Waals surface area contributed by atoms with Crippen LogP contribution in [0.4, 0.5) is 0 Å². The summed E-state index contributed by atoms with van der Waals surface area (Å²) in [6.07, 6.45) is 1.89. The minimum absolute atomic E-state index is 0.819. The third-order valence-electron chi connectivity index (χ3n) is 5.71. The SMILES string of the molecule is Cc1cc2oc3c(-c4nc5cc(C)nc(C)c5n4-c4ccccc4)cccc3c2cn1. The minimum atomic E-state index is 0.819. The molecule has 5 heteroatoms. The van der Waals surface area contributed by atoms with Crippen molar-refractivity contribution in [2.45, 2.75) is 20.8 Å². The number of hydrogen-bond acceptors (Lipinski definition) is 4. The lowest BCUT2D eigenvalue weighted by molar-refractivity contribution is 0.668. The second-order valence-electron chi connectivity index (χ2n) is 7.93. The van der Waals surface area contributed by atoms with Gasteiger partial charge in [-0.3, -0.25) is 14.5 Å². The predicted molar refractivity (Wildman–Crippen MR) is 124 cm³/mol. The van der Waals surface area contributed by atoms with Crippen LogP contribution in [0.15, 0.2) is 71.3 Å². The van der Waals surface area contributed by atoms with Crippen molar-refractivity contribution < 1.29 is 4.42 Å². The highest BCUT2D eigenvalue weighted by atomic mass is 16.3. The molecule has 0 fully saturated rings. The van der Waals surface area contributed by atoms with Gasteiger partial charge in [-0.2, -0.15) is 0 Å². The van der Waals surface area contributed by atoms with Crippen molar-refractivity contribution in [2.24, 2.45) is 0 Å². The van der Waals surface area contributed by atoms with Crippen molar-refractivity contribution in [3.63, 3.8) is 0 Å². The van der Waals surface area contributed by atoms with Gasteiger partial charge in [0.1, 0.15) is 17.0 Å². The summed E-state index contributed by atoms with van der Waals surface area (Å²) in [7, 11) is 0. The van der Waals surface area contributed by atoms with E-state index in [1.807, 2.05) is 57.3 Å². The van der Waals surface area contributed by atoms with E-state index < -0.39 is 0 Å². The zero-order valence-corrected chi connectivity index (χ0v) is 17.5. The number of hydrogen-bond donors (Lipinski definition) is 0. The molecule has 4 aromatic heterocycles. The lowest BCUT2D eigenvalue weighted by Crippen LogP contribution is -1.99. The second-order valence-corrected chi connectivity index (χ2v) is 7.93. The molecule has 0 amide bonds. The van der Waals surface area contributed by atoms with E-state index in [0.29, 0.717) is 0 Å². The van der Waals surface area contributed by atoms with Crippen LogP contribution in [-0.2, 0) is 0 Å². The molecule has 31 heavy (non-hydrogen) atoms. The number of pyridine rings is 2. The molecule has 0 spiro atoms. The molecule has 0 N–H and O–H groups in total. The molecule has 6 rings (SSSR count). The van der Waals surface area contributed by atoms with Crippen LogP contribution >= 0.6 is 0 Å². The summed E-state index contributed by atoms with van der Waals surface area (Å²) in [5, 5.41) is 2.05. The molecule has 0 aliphatic heterocycles. The van der Waals surface area contributed by atoms with Gasteiger partial charge in [0.2, 0.25) is 0 Å². The molecule has 6 aromatic rings. The number of benzene rings is 2. The third kappa shape index (κ3) is 2.66. The minimum Gasteiger partial charge on any atom is -0.455 e. The highest BCUT2D eigenvalue weighted by Gasteiger charge is 2.21. The molecule has 0 radical (unpaired) electrons. The summed E-state index contributed by atoms with van der Waals surface area (Å²) in [5.41, 5.74) is 8.43. The van der Waals surface area contributed by atoms with Gasteiger partial charge < -0.3 is 4.42 Å². The molecule has 0 bridgehead atoms. The molecule has 0 aliphatic carbocycles. The van der Waals surface area contributed by atoms with Crippen molar-refractivity contribution in [1.29, 1.82) is 0 Å². The number of para-hydroxylation sites is 2. The lowest BCUT2D eigenvalue weighted by atomic mass is 10.1. The summed E-state index contributed by atoms with van der Waals surface area (Å²) in [6.45, 7) is 6.01. The van der Waals surface area contributed by atoms with Crippen molar-refractivity contribution in [3.8, 4) is 17.1 Å². The summed E-state index contributed by atoms with van der Waals surface area (Å²) < 4.78 is 8.53. The van der Waals surface area contributed by atoms with E-state index in [0.717, 1.165) is 67.1 Å². The normalized spacial score (nSPS) is 11.7. The van der Waals surface area contributed by atoms with Crippen molar-refractivity contribution in [1.82, 2.24) is 19.5 Å². The molecule has 0 saturated carbocycles. The summed E-state index contributed by atoms with van der Waals surface area (Å²) in [5.74, 6) is 0.839. The standard InChI is InChI=1S/C26H20N4O/c1-15-13-23-21(14-27-15)19-10-7-11-20(25(19)31-23)26-29-22-12-16(2)28-17(3)24(22)30(26)18-8-5-4-6-9-18/h4-14H,1-3H3. The average molecular weight is 404 g/mol. The summed E-state index contributed by atoms with van der Waals surface area (Å²) in [6, 6.07) is 20.5. The quantitative estimate of drug-likeness (QED) is 0.339. The summed E-state index contributed by atoms with van der Waals surface area (Å²) >= 11 is 0. The largest absolute Gasteiger partial charge is 0.455 e. The third-order valence-corrected chi connectivity index (χ3v) is 5.71. The van der Waals surface area contributed by atoms with Crippen molar-refractivity contribution in [3.05, 3.63) is 83.9 Å². The Labute approximate surface area is 179 Å². The van der Waals surface area contributed by atoms with Gasteiger partial charge in [-0.15, -0.1) is 0 Å². The molecule has 0 saturated heterocycles. The van der Waals surface area contributed by atoms with Crippen LogP contribution in [0.2, 0.25) is 0 Å². The summed E-state index contributed by atoms with van der Waals surface area (Å²) in [4.78, 5) is 14.2. The Balaban J connectivity index is 1.75. The van der Waals surface area contributed by atoms with Crippen LogP contribution in [0.3, 0.4) is 0 Å². The Morgan fingerprint density at radius 2 is 1.65 bits per heavy atom. The zero-order valence-electron chi connectivity index (χ0n) is 17.5. The van der Waals surface area contributed by atoms with Gasteiger partial charge in [0, 0.05) is 40.1 Å². The Hall–Kier alpha value is -3.99. The second kappa shape index (κ2) is 6.51. The molecule has 2 aromatic carbocycles. The Morgan fingerprint density at radius 1 is 0.806 bits per heavy atom. The van der Waals surface area contributed by atoms with Crippen LogP contribution in [0, 0.1) is 20.8 Å². The van der Waals surface area contributed by atoms with Crippen LogP contribution in [0.5, 0.6) is 0 Å². The van der Waals surface area contributed by atoms with Gasteiger partial charge >= 0.3 is 0 Å². The molecule has 4 heterocycles. The van der Waals surface area contributed by atoms with Crippen molar-refractivity contribution in [2.75, 3.05) is 0 Å². The fourth-order valence-corrected chi connectivity index (χ4v) is 4.41. The maximum Gasteiger partial charge on any atom is 0.149 e. The molecule has 0 aliphatic rings. The van der Waals surface area contributed by atoms with Crippen LogP contribution < -0.4 is 0 Å². The Bertz CT molecular complexity index is 1610. The molecular formula is C26H20N4O. The number of nitrogens with zero attached hydrogens (tertiary/aromatic N) is 4. The van der Waals surface area contributed by atoms with Crippen LogP contribution in [0.1, 0.15) is 17.1 Å². The van der Waals surface area contributed by atoms with E-state index in [9.17, 15) is 0 Å². The first-order chi connectivity index (χ1) is 15.1. The fraction of sp³-hybridized carbons (Fsp3) is 0.115. The average Bonchev–Trinajstić information content (AvgIpc) is 3.32. The van der Waals surface area contributed by atoms with Crippen LogP contribution in [-0.4, -0.2) is 19.5 Å². The zero-order chi connectivity index (χ0) is 21.1. The van der Waals surface area contributed by atoms with Gasteiger partial charge in [-0.25, -0.2) is 4.98 Å². The molecule has 150 valence electrons. The van der Waals surface area contributed by atoms with E-state index in [1.165, 1.54) is 0 Å². The molecule has 0 atom stereocenters. The fourth-order valence-electron chi connectivity index (χ4n) is 4.41. The first kappa shape index (κ1) is 17.8. The highest BCUT2D eigenvalue weighted by molar-refractivity contribution is 6.09. The van der Waals surface area contributed by atoms with E-state index in [4.69, 9.17) is 14.4 Å². The topological polar surface area (TPSA) is 56.7 Å². The number of fused-ring (bicyclic) bond motifs is 4. The Kier molecular flexibility index (Phi) is 3.74. The number of furan rings is 1. The molecule has 0 unspecified atom stereocenters. The number of aromatic nitrogens is 4. The Morgan fingerprint density at radius 3 is 2.48 bits per heavy atom. The van der Waals surface area contributed by atoms with E-state index >= 15 is 0 Å². The van der Waals surface area contributed by atoms with Gasteiger partial charge in [0.05, 0.1) is 22.3 Å². The number of imidazole rings is 1. The number of aryl methyl sites for hydroxylation is 3. The van der Waals surface area contributed by atoms with Crippen molar-refractivity contribution >= 4 is 33.0 Å². The molecule has 5 nitrogen and oxygen atoms in total. The maximum atomic E-state index is 6.35. The predicted octanol–water partition coefficient (Wildman–Crippen LogP) is 6.31. The first-order valence-electron chi connectivity index (χ1n) is 10.3. The molecular weight excluding hydrogens is 384 g/mol. The van der Waals surface area contributed by atoms with Crippen LogP contribution in [0.25, 0.3) is 50.0 Å². The van der Waals surface area contributed by atoms with Gasteiger partial charge in [0.25, 0.3) is 0 Å². The number of rotatable bonds is 2. The lowest BCUT2D eigenvalue weighted by Gasteiger charge is -2.11. The van der Waals surface area contributed by atoms with E-state index in [-0.39, 0.29) is 0 Å².